The Morgan fingerprint density at radius 2 is 2.25 bits per heavy atom. The fourth-order valence-corrected chi connectivity index (χ4v) is 4.64. The number of thiophene rings is 1. The van der Waals surface area contributed by atoms with Crippen molar-refractivity contribution in [3.05, 3.63) is 21.9 Å². The summed E-state index contributed by atoms with van der Waals surface area (Å²) in [6.07, 6.45) is 4.75. The molecule has 2 aliphatic rings. The van der Waals surface area contributed by atoms with Gasteiger partial charge in [0.15, 0.2) is 0 Å². The number of hydrogen-bond donors (Lipinski definition) is 0. The molecule has 0 spiro atoms. The quantitative estimate of drug-likeness (QED) is 0.792. The van der Waals surface area contributed by atoms with Gasteiger partial charge in [-0.2, -0.15) is 0 Å². The van der Waals surface area contributed by atoms with E-state index in [0.717, 1.165) is 25.9 Å². The van der Waals surface area contributed by atoms with Crippen LogP contribution in [0.25, 0.3) is 0 Å². The van der Waals surface area contributed by atoms with Gasteiger partial charge in [-0.25, -0.2) is 0 Å². The Morgan fingerprint density at radius 3 is 2.90 bits per heavy atom. The highest BCUT2D eigenvalue weighted by Crippen LogP contribution is 2.55. The van der Waals surface area contributed by atoms with Crippen molar-refractivity contribution in [1.29, 1.82) is 0 Å². The Balaban J connectivity index is 1.68. The van der Waals surface area contributed by atoms with Crippen molar-refractivity contribution in [1.82, 2.24) is 0 Å². The maximum Gasteiger partial charge on any atom is 0.0924 e. The number of hydrogen-bond acceptors (Lipinski definition) is 3. The molecule has 3 rings (SSSR count). The molecule has 1 aromatic heterocycles. The minimum atomic E-state index is -0.0628. The zero-order valence-electron chi connectivity index (χ0n) is 13.1. The lowest BCUT2D eigenvalue weighted by Crippen LogP contribution is -2.38. The number of fused-ring (bicyclic) bond motifs is 2. The summed E-state index contributed by atoms with van der Waals surface area (Å²) in [5, 5.41) is 2.17. The first-order valence-corrected chi connectivity index (χ1v) is 8.74. The van der Waals surface area contributed by atoms with Gasteiger partial charge in [0, 0.05) is 11.3 Å². The van der Waals surface area contributed by atoms with E-state index >= 15 is 0 Å². The van der Waals surface area contributed by atoms with Gasteiger partial charge in [-0.15, -0.1) is 11.3 Å². The SMILES string of the molecule is CCc1sccc1CO[C@H]1C[C@]2(C(C)C)CC[C@@]1(C)O2. The van der Waals surface area contributed by atoms with Crippen LogP contribution in [-0.2, 0) is 22.5 Å². The summed E-state index contributed by atoms with van der Waals surface area (Å²) in [5.41, 5.74) is 1.37. The molecule has 2 bridgehead atoms. The first-order chi connectivity index (χ1) is 9.49. The second kappa shape index (κ2) is 5.11. The van der Waals surface area contributed by atoms with E-state index < -0.39 is 0 Å². The molecule has 0 radical (unpaired) electrons. The summed E-state index contributed by atoms with van der Waals surface area (Å²) >= 11 is 1.84. The van der Waals surface area contributed by atoms with Crippen LogP contribution in [-0.4, -0.2) is 17.3 Å². The van der Waals surface area contributed by atoms with Crippen LogP contribution in [0, 0.1) is 5.92 Å². The average molecular weight is 294 g/mol. The highest BCUT2D eigenvalue weighted by atomic mass is 32.1. The summed E-state index contributed by atoms with van der Waals surface area (Å²) < 4.78 is 12.7. The minimum absolute atomic E-state index is 0.0628. The standard InChI is InChI=1S/C17H26O2S/c1-5-14-13(6-9-20-14)11-18-15-10-17(12(2)3)8-7-16(15,4)19-17/h6,9,12,15H,5,7-8,10-11H2,1-4H3/t15-,16+,17-/m0/s1. The molecule has 2 nitrogen and oxygen atoms in total. The monoisotopic (exact) mass is 294 g/mol. The fraction of sp³-hybridized carbons (Fsp3) is 0.765. The number of ether oxygens (including phenoxy) is 2. The van der Waals surface area contributed by atoms with Crippen LogP contribution < -0.4 is 0 Å². The van der Waals surface area contributed by atoms with Crippen molar-refractivity contribution in [2.45, 2.75) is 77.3 Å². The molecule has 2 aliphatic heterocycles. The molecule has 3 heteroatoms. The lowest BCUT2D eigenvalue weighted by Gasteiger charge is -2.31. The maximum absolute atomic E-state index is 6.43. The van der Waals surface area contributed by atoms with Crippen molar-refractivity contribution in [2.75, 3.05) is 0 Å². The zero-order valence-corrected chi connectivity index (χ0v) is 13.9. The summed E-state index contributed by atoms with van der Waals surface area (Å²) in [5.74, 6) is 0.574. The van der Waals surface area contributed by atoms with Crippen LogP contribution in [0.1, 0.15) is 57.4 Å². The van der Waals surface area contributed by atoms with Gasteiger partial charge >= 0.3 is 0 Å². The predicted molar refractivity (Wildman–Crippen MR) is 83.2 cm³/mol. The first-order valence-electron chi connectivity index (χ1n) is 7.86. The van der Waals surface area contributed by atoms with Crippen molar-refractivity contribution >= 4 is 11.3 Å². The third kappa shape index (κ3) is 2.24. The van der Waals surface area contributed by atoms with Gasteiger partial charge < -0.3 is 9.47 Å². The lowest BCUT2D eigenvalue weighted by atomic mass is 9.75. The Bertz CT molecular complexity index is 481. The molecule has 2 fully saturated rings. The topological polar surface area (TPSA) is 18.5 Å². The molecule has 0 unspecified atom stereocenters. The van der Waals surface area contributed by atoms with E-state index in [9.17, 15) is 0 Å². The molecular formula is C17H26O2S. The molecule has 2 saturated heterocycles. The largest absolute Gasteiger partial charge is 0.370 e. The third-order valence-corrected chi connectivity index (χ3v) is 6.45. The zero-order chi connectivity index (χ0) is 14.4. The van der Waals surface area contributed by atoms with Gasteiger partial charge in [-0.05, 0) is 49.1 Å². The van der Waals surface area contributed by atoms with E-state index in [1.165, 1.54) is 16.9 Å². The van der Waals surface area contributed by atoms with E-state index in [2.05, 4.69) is 39.1 Å². The van der Waals surface area contributed by atoms with Gasteiger partial charge in [0.2, 0.25) is 0 Å². The lowest BCUT2D eigenvalue weighted by molar-refractivity contribution is -0.0960. The molecular weight excluding hydrogens is 268 g/mol. The van der Waals surface area contributed by atoms with E-state index in [-0.39, 0.29) is 17.3 Å². The molecule has 3 heterocycles. The molecule has 1 aromatic rings. The number of aryl methyl sites for hydroxylation is 1. The second-order valence-corrected chi connectivity index (χ2v) is 7.86. The Hall–Kier alpha value is -0.380. The van der Waals surface area contributed by atoms with Gasteiger partial charge in [-0.3, -0.25) is 0 Å². The molecule has 0 amide bonds. The minimum Gasteiger partial charge on any atom is -0.370 e. The van der Waals surface area contributed by atoms with E-state index in [4.69, 9.17) is 9.47 Å². The van der Waals surface area contributed by atoms with Crippen LogP contribution in [0.2, 0.25) is 0 Å². The Kier molecular flexibility index (Phi) is 3.72. The molecule has 0 aliphatic carbocycles. The summed E-state index contributed by atoms with van der Waals surface area (Å²) in [4.78, 5) is 1.46. The predicted octanol–water partition coefficient (Wildman–Crippen LogP) is 4.56. The van der Waals surface area contributed by atoms with Crippen LogP contribution in [0.3, 0.4) is 0 Å². The molecule has 3 atom stereocenters. The molecule has 0 saturated carbocycles. The van der Waals surface area contributed by atoms with Crippen molar-refractivity contribution in [2.24, 2.45) is 5.92 Å². The first kappa shape index (κ1) is 14.6. The Morgan fingerprint density at radius 1 is 1.45 bits per heavy atom. The second-order valence-electron chi connectivity index (χ2n) is 6.86. The van der Waals surface area contributed by atoms with Crippen LogP contribution in [0.4, 0.5) is 0 Å². The molecule has 0 N–H and O–H groups in total. The van der Waals surface area contributed by atoms with Gasteiger partial charge in [0.05, 0.1) is 23.9 Å². The molecule has 112 valence electrons. The highest BCUT2D eigenvalue weighted by Gasteiger charge is 2.60. The van der Waals surface area contributed by atoms with Gasteiger partial charge in [0.25, 0.3) is 0 Å². The van der Waals surface area contributed by atoms with Crippen molar-refractivity contribution in [3.8, 4) is 0 Å². The smallest absolute Gasteiger partial charge is 0.0924 e. The normalized spacial score (nSPS) is 36.1. The van der Waals surface area contributed by atoms with E-state index in [1.807, 2.05) is 11.3 Å². The highest BCUT2D eigenvalue weighted by molar-refractivity contribution is 7.10. The fourth-order valence-electron chi connectivity index (χ4n) is 3.80. The van der Waals surface area contributed by atoms with Crippen molar-refractivity contribution < 1.29 is 9.47 Å². The summed E-state index contributed by atoms with van der Waals surface area (Å²) in [6, 6.07) is 2.21. The summed E-state index contributed by atoms with van der Waals surface area (Å²) in [6.45, 7) is 9.75. The Labute approximate surface area is 126 Å². The van der Waals surface area contributed by atoms with Crippen LogP contribution in [0.5, 0.6) is 0 Å². The van der Waals surface area contributed by atoms with Gasteiger partial charge in [0.1, 0.15) is 0 Å². The van der Waals surface area contributed by atoms with Crippen LogP contribution in [0.15, 0.2) is 11.4 Å². The third-order valence-electron chi connectivity index (χ3n) is 5.34. The van der Waals surface area contributed by atoms with Crippen LogP contribution >= 0.6 is 11.3 Å². The number of rotatable bonds is 5. The van der Waals surface area contributed by atoms with Gasteiger partial charge in [-0.1, -0.05) is 20.8 Å². The van der Waals surface area contributed by atoms with Crippen molar-refractivity contribution in [3.63, 3.8) is 0 Å². The van der Waals surface area contributed by atoms with E-state index in [0.29, 0.717) is 5.92 Å². The maximum atomic E-state index is 6.43. The molecule has 0 aromatic carbocycles. The summed E-state index contributed by atoms with van der Waals surface area (Å²) in [7, 11) is 0. The van der Waals surface area contributed by atoms with E-state index in [1.54, 1.807) is 0 Å². The molecule has 20 heavy (non-hydrogen) atoms. The average Bonchev–Trinajstić information content (AvgIpc) is 3.06.